The van der Waals surface area contributed by atoms with Gasteiger partial charge in [-0.15, -0.1) is 0 Å². The molecular weight excluding hydrogens is 300 g/mol. The third-order valence-electron chi connectivity index (χ3n) is 7.00. The lowest BCUT2D eigenvalue weighted by Crippen LogP contribution is -2.68. The van der Waals surface area contributed by atoms with Crippen molar-refractivity contribution >= 4 is 5.91 Å². The molecule has 0 aliphatic heterocycles. The van der Waals surface area contributed by atoms with Crippen molar-refractivity contribution in [1.82, 2.24) is 4.90 Å². The zero-order chi connectivity index (χ0) is 17.8. The maximum Gasteiger partial charge on any atom is 0.240 e. The predicted octanol–water partition coefficient (Wildman–Crippen LogP) is 3.07. The average Bonchev–Trinajstić information content (AvgIpc) is 2.41. The van der Waals surface area contributed by atoms with Crippen LogP contribution in [0.4, 0.5) is 0 Å². The summed E-state index contributed by atoms with van der Waals surface area (Å²) in [6.07, 6.45) is 7.74. The first kappa shape index (κ1) is 18.2. The van der Waals surface area contributed by atoms with Crippen molar-refractivity contribution in [1.29, 1.82) is 0 Å². The number of aliphatic hydroxyl groups is 1. The van der Waals surface area contributed by atoms with Crippen LogP contribution in [0.5, 0.6) is 0 Å². The van der Waals surface area contributed by atoms with Crippen molar-refractivity contribution in [2.45, 2.75) is 90.7 Å². The van der Waals surface area contributed by atoms with Crippen LogP contribution in [0.3, 0.4) is 0 Å². The van der Waals surface area contributed by atoms with E-state index in [0.717, 1.165) is 58.0 Å². The van der Waals surface area contributed by atoms with Crippen LogP contribution in [0.2, 0.25) is 0 Å². The molecule has 4 heteroatoms. The summed E-state index contributed by atoms with van der Waals surface area (Å²) in [7, 11) is 0. The van der Waals surface area contributed by atoms with Gasteiger partial charge in [-0.1, -0.05) is 27.2 Å². The summed E-state index contributed by atoms with van der Waals surface area (Å²) in [5.74, 6) is 0.101. The highest BCUT2D eigenvalue weighted by molar-refractivity contribution is 5.82. The van der Waals surface area contributed by atoms with E-state index in [1.165, 1.54) is 0 Å². The van der Waals surface area contributed by atoms with Crippen molar-refractivity contribution < 1.29 is 9.90 Å². The lowest BCUT2D eigenvalue weighted by atomic mass is 9.38. The third-order valence-corrected chi connectivity index (χ3v) is 7.00. The van der Waals surface area contributed by atoms with E-state index in [4.69, 9.17) is 5.73 Å². The highest BCUT2D eigenvalue weighted by Crippen LogP contribution is 2.71. The lowest BCUT2D eigenvalue weighted by molar-refractivity contribution is -0.230. The molecule has 4 rings (SSSR count). The Balaban J connectivity index is 1.86. The Kier molecular flexibility index (Phi) is 4.32. The van der Waals surface area contributed by atoms with Gasteiger partial charge in [0.2, 0.25) is 5.91 Å². The fraction of sp³-hybridized carbons (Fsp3) is 0.950. The van der Waals surface area contributed by atoms with Crippen molar-refractivity contribution in [3.63, 3.8) is 0 Å². The summed E-state index contributed by atoms with van der Waals surface area (Å²) < 4.78 is 0. The molecular formula is C20H36N2O2. The Labute approximate surface area is 147 Å². The molecule has 4 aliphatic rings. The van der Waals surface area contributed by atoms with Crippen LogP contribution in [0, 0.1) is 16.2 Å². The molecule has 0 saturated heterocycles. The minimum atomic E-state index is -0.614. The number of nitrogens with two attached hydrogens (primary N) is 1. The van der Waals surface area contributed by atoms with Crippen LogP contribution in [0.1, 0.15) is 79.1 Å². The van der Waals surface area contributed by atoms with E-state index in [0.29, 0.717) is 6.42 Å². The highest BCUT2D eigenvalue weighted by atomic mass is 16.3. The summed E-state index contributed by atoms with van der Waals surface area (Å²) in [5.41, 5.74) is 6.08. The second-order valence-electron chi connectivity index (χ2n) is 10.0. The molecule has 0 spiro atoms. The van der Waals surface area contributed by atoms with Gasteiger partial charge >= 0.3 is 0 Å². The maximum absolute atomic E-state index is 13.1. The number of hydrogen-bond donors (Lipinski definition) is 2. The van der Waals surface area contributed by atoms with Gasteiger partial charge < -0.3 is 15.7 Å². The molecule has 4 nitrogen and oxygen atoms in total. The molecule has 24 heavy (non-hydrogen) atoms. The van der Waals surface area contributed by atoms with Gasteiger partial charge in [-0.05, 0) is 68.1 Å². The molecule has 0 aromatic rings. The highest BCUT2D eigenvalue weighted by Gasteiger charge is 2.67. The topological polar surface area (TPSA) is 66.6 Å². The number of rotatable bonds is 6. The lowest BCUT2D eigenvalue weighted by Gasteiger charge is -2.69. The number of carbonyl (C=O) groups excluding carboxylic acids is 1. The van der Waals surface area contributed by atoms with Crippen LogP contribution in [0.15, 0.2) is 0 Å². The van der Waals surface area contributed by atoms with E-state index in [2.05, 4.69) is 20.8 Å². The number of unbranched alkanes of at least 4 members (excludes halogenated alkanes) is 1. The third kappa shape index (κ3) is 2.90. The largest absolute Gasteiger partial charge is 0.390 e. The smallest absolute Gasteiger partial charge is 0.240 e. The summed E-state index contributed by atoms with van der Waals surface area (Å²) >= 11 is 0. The van der Waals surface area contributed by atoms with Crippen LogP contribution >= 0.6 is 0 Å². The van der Waals surface area contributed by atoms with E-state index in [-0.39, 0.29) is 22.2 Å². The average molecular weight is 337 g/mol. The Morgan fingerprint density at radius 1 is 1.08 bits per heavy atom. The van der Waals surface area contributed by atoms with Gasteiger partial charge in [-0.25, -0.2) is 0 Å². The molecule has 3 N–H and O–H groups in total. The van der Waals surface area contributed by atoms with Crippen LogP contribution in [-0.4, -0.2) is 40.6 Å². The van der Waals surface area contributed by atoms with Gasteiger partial charge in [0.1, 0.15) is 0 Å². The molecule has 0 radical (unpaired) electrons. The van der Waals surface area contributed by atoms with Crippen molar-refractivity contribution in [2.75, 3.05) is 13.1 Å². The van der Waals surface area contributed by atoms with E-state index < -0.39 is 11.6 Å². The quantitative estimate of drug-likeness (QED) is 0.783. The molecule has 4 bridgehead atoms. The predicted molar refractivity (Wildman–Crippen MR) is 96.4 cm³/mol. The second kappa shape index (κ2) is 5.70. The molecule has 0 aromatic heterocycles. The van der Waals surface area contributed by atoms with Crippen molar-refractivity contribution in [3.05, 3.63) is 0 Å². The van der Waals surface area contributed by atoms with Crippen LogP contribution < -0.4 is 5.73 Å². The number of hydrogen-bond acceptors (Lipinski definition) is 3. The van der Waals surface area contributed by atoms with Gasteiger partial charge in [0.25, 0.3) is 0 Å². The molecule has 0 aromatic carbocycles. The molecule has 4 saturated carbocycles. The molecule has 138 valence electrons. The number of amides is 1. The first-order valence-corrected chi connectivity index (χ1v) is 9.85. The van der Waals surface area contributed by atoms with Gasteiger partial charge in [0.05, 0.1) is 11.6 Å². The summed E-state index contributed by atoms with van der Waals surface area (Å²) in [4.78, 5) is 15.1. The minimum Gasteiger partial charge on any atom is -0.390 e. The minimum absolute atomic E-state index is 0.101. The molecule has 3 atom stereocenters. The summed E-state index contributed by atoms with van der Waals surface area (Å²) in [6.45, 7) is 10.3. The Morgan fingerprint density at radius 2 is 1.67 bits per heavy atom. The van der Waals surface area contributed by atoms with E-state index in [9.17, 15) is 9.90 Å². The van der Waals surface area contributed by atoms with Crippen LogP contribution in [0.25, 0.3) is 0 Å². The van der Waals surface area contributed by atoms with Crippen molar-refractivity contribution in [3.8, 4) is 0 Å². The zero-order valence-electron chi connectivity index (χ0n) is 16.0. The molecule has 4 aliphatic carbocycles. The van der Waals surface area contributed by atoms with Gasteiger partial charge in [-0.2, -0.15) is 0 Å². The van der Waals surface area contributed by atoms with E-state index >= 15 is 0 Å². The zero-order valence-corrected chi connectivity index (χ0v) is 16.0. The number of likely N-dealkylation sites (N-methyl/N-ethyl adjacent to an activating group) is 1. The molecule has 4 fully saturated rings. The molecule has 0 heterocycles. The fourth-order valence-electron chi connectivity index (χ4n) is 7.29. The van der Waals surface area contributed by atoms with Gasteiger partial charge in [0.15, 0.2) is 0 Å². The Morgan fingerprint density at radius 3 is 2.12 bits per heavy atom. The SMILES string of the molecule is CCCCN(CC)C(=O)[C@@H](N)C12CC3(C)CC(C)(CC(O)(C3)C1)C2. The van der Waals surface area contributed by atoms with Gasteiger partial charge in [0, 0.05) is 13.1 Å². The van der Waals surface area contributed by atoms with E-state index in [1.54, 1.807) is 0 Å². The van der Waals surface area contributed by atoms with Crippen molar-refractivity contribution in [2.24, 2.45) is 22.0 Å². The molecule has 1 amide bonds. The number of carbonyl (C=O) groups is 1. The Bertz CT molecular complexity index is 464. The second-order valence-corrected chi connectivity index (χ2v) is 10.0. The normalized spacial score (nSPS) is 44.6. The van der Waals surface area contributed by atoms with Gasteiger partial charge in [-0.3, -0.25) is 4.79 Å². The number of nitrogens with zero attached hydrogens (tertiary/aromatic N) is 1. The first-order chi connectivity index (χ1) is 11.1. The first-order valence-electron chi connectivity index (χ1n) is 9.85. The monoisotopic (exact) mass is 336 g/mol. The fourth-order valence-corrected chi connectivity index (χ4v) is 7.29. The van der Waals surface area contributed by atoms with E-state index in [1.807, 2.05) is 11.8 Å². The standard InChI is InChI=1S/C20H36N2O2/c1-5-7-8-22(6-2)16(23)15(21)19-10-17(3)9-18(4,11-19)13-20(24,12-17)14-19/h15,24H,5-14,21H2,1-4H3/t15-,17?,18?,19?,20?/m1/s1. The summed E-state index contributed by atoms with van der Waals surface area (Å²) in [6, 6.07) is -0.472. The molecule has 2 unspecified atom stereocenters. The maximum atomic E-state index is 13.1. The Hall–Kier alpha value is -0.610. The van der Waals surface area contributed by atoms with Crippen LogP contribution in [-0.2, 0) is 4.79 Å². The summed E-state index contributed by atoms with van der Waals surface area (Å²) in [5, 5.41) is 11.2.